The second-order valence-electron chi connectivity index (χ2n) is 4.99. The smallest absolute Gasteiger partial charge is 0.235 e. The highest BCUT2D eigenvalue weighted by Gasteiger charge is 2.17. The van der Waals surface area contributed by atoms with Crippen LogP contribution in [0.4, 0.5) is 0 Å². The van der Waals surface area contributed by atoms with Crippen molar-refractivity contribution in [2.45, 2.75) is 0 Å². The Morgan fingerprint density at radius 1 is 1.00 bits per heavy atom. The number of fused-ring (bicyclic) bond motifs is 2. The minimum Gasteiger partial charge on any atom is -0.453 e. The van der Waals surface area contributed by atoms with Gasteiger partial charge < -0.3 is 4.42 Å². The van der Waals surface area contributed by atoms with Crippen LogP contribution in [0.1, 0.15) is 0 Å². The van der Waals surface area contributed by atoms with Gasteiger partial charge in [0.05, 0.1) is 0 Å². The molecule has 6 nitrogen and oxygen atoms in total. The first-order valence-electron chi connectivity index (χ1n) is 7.01. The van der Waals surface area contributed by atoms with E-state index in [0.717, 1.165) is 21.7 Å². The molecule has 0 bridgehead atoms. The Morgan fingerprint density at radius 2 is 1.91 bits per heavy atom. The highest BCUT2D eigenvalue weighted by molar-refractivity contribution is 7.19. The standard InChI is InChI=1S/C16H9N5OS/c1-2-7-12-10(5-1)9-13(22-12)14-18-19-16-21(14)20-15(23-16)11-6-3-4-8-17-11/h1-9H. The van der Waals surface area contributed by atoms with Gasteiger partial charge in [0, 0.05) is 11.6 Å². The third kappa shape index (κ3) is 1.94. The number of hydrogen-bond acceptors (Lipinski definition) is 6. The molecule has 7 heteroatoms. The van der Waals surface area contributed by atoms with Crippen molar-refractivity contribution in [2.24, 2.45) is 0 Å². The summed E-state index contributed by atoms with van der Waals surface area (Å²) in [5, 5.41) is 14.8. The van der Waals surface area contributed by atoms with E-state index in [1.807, 2.05) is 48.5 Å². The van der Waals surface area contributed by atoms with E-state index in [2.05, 4.69) is 20.3 Å². The van der Waals surface area contributed by atoms with Crippen LogP contribution in [-0.2, 0) is 0 Å². The van der Waals surface area contributed by atoms with Crippen LogP contribution in [0.25, 0.3) is 38.2 Å². The molecule has 0 radical (unpaired) electrons. The molecule has 0 spiro atoms. The van der Waals surface area contributed by atoms with E-state index in [9.17, 15) is 0 Å². The Balaban J connectivity index is 1.68. The van der Waals surface area contributed by atoms with E-state index in [1.165, 1.54) is 11.3 Å². The van der Waals surface area contributed by atoms with E-state index < -0.39 is 0 Å². The fraction of sp³-hybridized carbons (Fsp3) is 0. The fourth-order valence-electron chi connectivity index (χ4n) is 2.46. The van der Waals surface area contributed by atoms with Gasteiger partial charge >= 0.3 is 0 Å². The lowest BCUT2D eigenvalue weighted by Crippen LogP contribution is -1.90. The molecule has 23 heavy (non-hydrogen) atoms. The molecule has 0 aliphatic heterocycles. The van der Waals surface area contributed by atoms with E-state index in [0.29, 0.717) is 16.5 Å². The molecule has 0 aliphatic rings. The number of nitrogens with zero attached hydrogens (tertiary/aromatic N) is 5. The summed E-state index contributed by atoms with van der Waals surface area (Å²) in [5.41, 5.74) is 1.64. The van der Waals surface area contributed by atoms with Crippen LogP contribution in [0.5, 0.6) is 0 Å². The Bertz CT molecular complexity index is 1090. The first-order chi connectivity index (χ1) is 11.4. The molecular formula is C16H9N5OS. The minimum absolute atomic E-state index is 0.592. The van der Waals surface area contributed by atoms with Crippen molar-refractivity contribution in [3.05, 3.63) is 54.7 Å². The largest absolute Gasteiger partial charge is 0.453 e. The normalized spacial score (nSPS) is 11.5. The SMILES string of the molecule is c1ccc(-c2nn3c(-c4cc5ccccc5o4)nnc3s2)nc1. The molecule has 1 aromatic carbocycles. The average molecular weight is 319 g/mol. The molecule has 0 atom stereocenters. The van der Waals surface area contributed by atoms with E-state index in [4.69, 9.17) is 4.42 Å². The van der Waals surface area contributed by atoms with Gasteiger partial charge in [-0.1, -0.05) is 35.6 Å². The van der Waals surface area contributed by atoms with Crippen molar-refractivity contribution in [1.82, 2.24) is 24.8 Å². The summed E-state index contributed by atoms with van der Waals surface area (Å²) in [6.07, 6.45) is 1.75. The predicted molar refractivity (Wildman–Crippen MR) is 87.1 cm³/mol. The number of rotatable bonds is 2. The Labute approximate surface area is 134 Å². The van der Waals surface area contributed by atoms with Crippen molar-refractivity contribution in [1.29, 1.82) is 0 Å². The quantitative estimate of drug-likeness (QED) is 0.496. The maximum absolute atomic E-state index is 5.86. The first kappa shape index (κ1) is 12.5. The number of benzene rings is 1. The van der Waals surface area contributed by atoms with Crippen molar-refractivity contribution < 1.29 is 4.42 Å². The lowest BCUT2D eigenvalue weighted by atomic mass is 10.2. The van der Waals surface area contributed by atoms with Gasteiger partial charge in [0.1, 0.15) is 11.3 Å². The van der Waals surface area contributed by atoms with Gasteiger partial charge in [-0.3, -0.25) is 4.98 Å². The number of hydrogen-bond donors (Lipinski definition) is 0. The fourth-order valence-corrected chi connectivity index (χ4v) is 3.27. The average Bonchev–Trinajstić information content (AvgIpc) is 3.28. The maximum atomic E-state index is 5.86. The van der Waals surface area contributed by atoms with Crippen molar-refractivity contribution in [2.75, 3.05) is 0 Å². The topological polar surface area (TPSA) is 69.1 Å². The number of para-hydroxylation sites is 1. The molecule has 0 unspecified atom stereocenters. The molecule has 110 valence electrons. The summed E-state index contributed by atoms with van der Waals surface area (Å²) in [5.74, 6) is 1.24. The zero-order valence-corrected chi connectivity index (χ0v) is 12.6. The van der Waals surface area contributed by atoms with Crippen LogP contribution in [0.2, 0.25) is 0 Å². The lowest BCUT2D eigenvalue weighted by molar-refractivity contribution is 0.622. The van der Waals surface area contributed by atoms with E-state index in [1.54, 1.807) is 10.7 Å². The first-order valence-corrected chi connectivity index (χ1v) is 7.83. The molecule has 5 aromatic rings. The van der Waals surface area contributed by atoms with Crippen LogP contribution < -0.4 is 0 Å². The zero-order chi connectivity index (χ0) is 15.2. The monoisotopic (exact) mass is 319 g/mol. The van der Waals surface area contributed by atoms with Crippen molar-refractivity contribution in [3.63, 3.8) is 0 Å². The molecule has 4 heterocycles. The summed E-state index contributed by atoms with van der Waals surface area (Å²) in [6.45, 7) is 0. The molecule has 0 aliphatic carbocycles. The third-order valence-electron chi connectivity index (χ3n) is 3.52. The van der Waals surface area contributed by atoms with Crippen LogP contribution in [0.3, 0.4) is 0 Å². The number of aromatic nitrogens is 5. The van der Waals surface area contributed by atoms with Gasteiger partial charge in [0.2, 0.25) is 10.8 Å². The molecule has 0 amide bonds. The van der Waals surface area contributed by atoms with E-state index >= 15 is 0 Å². The van der Waals surface area contributed by atoms with E-state index in [-0.39, 0.29) is 0 Å². The highest BCUT2D eigenvalue weighted by atomic mass is 32.1. The number of pyridine rings is 1. The van der Waals surface area contributed by atoms with Gasteiger partial charge in [-0.2, -0.15) is 9.61 Å². The highest BCUT2D eigenvalue weighted by Crippen LogP contribution is 2.29. The number of furan rings is 1. The Hall–Kier alpha value is -3.06. The van der Waals surface area contributed by atoms with Gasteiger partial charge in [-0.25, -0.2) is 0 Å². The van der Waals surface area contributed by atoms with Crippen LogP contribution in [0, 0.1) is 0 Å². The Morgan fingerprint density at radius 3 is 2.78 bits per heavy atom. The summed E-state index contributed by atoms with van der Waals surface area (Å²) in [4.78, 5) is 5.03. The molecule has 5 rings (SSSR count). The van der Waals surface area contributed by atoms with Gasteiger partial charge in [0.25, 0.3) is 0 Å². The van der Waals surface area contributed by atoms with Gasteiger partial charge in [-0.15, -0.1) is 10.2 Å². The summed E-state index contributed by atoms with van der Waals surface area (Å²) in [6, 6.07) is 15.5. The molecule has 0 saturated carbocycles. The Kier molecular flexibility index (Phi) is 2.56. The summed E-state index contributed by atoms with van der Waals surface area (Å²) in [7, 11) is 0. The maximum Gasteiger partial charge on any atom is 0.235 e. The van der Waals surface area contributed by atoms with Gasteiger partial charge in [-0.05, 0) is 24.3 Å². The van der Waals surface area contributed by atoms with Crippen LogP contribution >= 0.6 is 11.3 Å². The predicted octanol–water partition coefficient (Wildman–Crippen LogP) is 3.66. The zero-order valence-electron chi connectivity index (χ0n) is 11.7. The molecule has 0 N–H and O–H groups in total. The second-order valence-corrected chi connectivity index (χ2v) is 5.94. The molecule has 0 fully saturated rings. The van der Waals surface area contributed by atoms with Crippen LogP contribution in [0.15, 0.2) is 59.1 Å². The van der Waals surface area contributed by atoms with Crippen LogP contribution in [-0.4, -0.2) is 24.8 Å². The molecular weight excluding hydrogens is 310 g/mol. The second kappa shape index (κ2) is 4.72. The summed E-state index contributed by atoms with van der Waals surface area (Å²) < 4.78 is 7.56. The van der Waals surface area contributed by atoms with Gasteiger partial charge in [0.15, 0.2) is 10.8 Å². The van der Waals surface area contributed by atoms with Crippen molar-refractivity contribution >= 4 is 27.3 Å². The molecule has 0 saturated heterocycles. The van der Waals surface area contributed by atoms with Crippen molar-refractivity contribution in [3.8, 4) is 22.3 Å². The lowest BCUT2D eigenvalue weighted by Gasteiger charge is -1.92. The minimum atomic E-state index is 0.592. The third-order valence-corrected chi connectivity index (χ3v) is 4.44. The molecule has 4 aromatic heterocycles. The summed E-state index contributed by atoms with van der Waals surface area (Å²) >= 11 is 1.45.